The SMILES string of the molecule is O=C(COC(=O)c1ccc(NS(=O)(=O)c2ccc(Cl)s2)cc1)Nc1ccc(OCc2ccccc2)cc1. The molecule has 1 heterocycles. The van der Waals surface area contributed by atoms with Crippen molar-refractivity contribution in [3.05, 3.63) is 106 Å². The van der Waals surface area contributed by atoms with E-state index in [4.69, 9.17) is 21.1 Å². The minimum atomic E-state index is -3.79. The number of halogens is 1. The summed E-state index contributed by atoms with van der Waals surface area (Å²) in [5.41, 5.74) is 1.99. The second-order valence-electron chi connectivity index (χ2n) is 7.66. The lowest BCUT2D eigenvalue weighted by Gasteiger charge is -2.09. The van der Waals surface area contributed by atoms with E-state index in [1.165, 1.54) is 36.4 Å². The fraction of sp³-hybridized carbons (Fsp3) is 0.0769. The molecule has 0 spiro atoms. The van der Waals surface area contributed by atoms with Crippen molar-refractivity contribution in [2.24, 2.45) is 0 Å². The number of benzene rings is 3. The molecule has 11 heteroatoms. The van der Waals surface area contributed by atoms with Crippen molar-refractivity contribution in [3.8, 4) is 5.75 Å². The molecule has 190 valence electrons. The Morgan fingerprint density at radius 1 is 0.838 bits per heavy atom. The lowest BCUT2D eigenvalue weighted by Crippen LogP contribution is -2.21. The Balaban J connectivity index is 1.23. The third-order valence-electron chi connectivity index (χ3n) is 4.91. The van der Waals surface area contributed by atoms with Gasteiger partial charge in [-0.15, -0.1) is 11.3 Å². The molecule has 0 bridgehead atoms. The Morgan fingerprint density at radius 3 is 2.16 bits per heavy atom. The van der Waals surface area contributed by atoms with Crippen molar-refractivity contribution in [2.75, 3.05) is 16.6 Å². The number of ether oxygens (including phenoxy) is 2. The average molecular weight is 557 g/mol. The van der Waals surface area contributed by atoms with Crippen LogP contribution in [0.3, 0.4) is 0 Å². The highest BCUT2D eigenvalue weighted by molar-refractivity contribution is 7.94. The molecule has 8 nitrogen and oxygen atoms in total. The monoisotopic (exact) mass is 556 g/mol. The molecule has 2 N–H and O–H groups in total. The molecular weight excluding hydrogens is 536 g/mol. The van der Waals surface area contributed by atoms with E-state index in [0.717, 1.165) is 16.9 Å². The van der Waals surface area contributed by atoms with Gasteiger partial charge in [0, 0.05) is 11.4 Å². The first kappa shape index (κ1) is 26.2. The van der Waals surface area contributed by atoms with E-state index in [0.29, 0.717) is 22.4 Å². The Bertz CT molecular complexity index is 1470. The van der Waals surface area contributed by atoms with Crippen molar-refractivity contribution in [1.82, 2.24) is 0 Å². The first-order valence-electron chi connectivity index (χ1n) is 10.9. The minimum Gasteiger partial charge on any atom is -0.489 e. The Morgan fingerprint density at radius 2 is 1.51 bits per heavy atom. The number of carbonyl (C=O) groups excluding carboxylic acids is 2. The molecule has 1 aromatic heterocycles. The van der Waals surface area contributed by atoms with Crippen LogP contribution in [0, 0.1) is 0 Å². The molecular formula is C26H21ClN2O6S2. The van der Waals surface area contributed by atoms with Gasteiger partial charge >= 0.3 is 5.97 Å². The van der Waals surface area contributed by atoms with Crippen molar-refractivity contribution in [2.45, 2.75) is 10.8 Å². The number of thiophene rings is 1. The van der Waals surface area contributed by atoms with E-state index in [9.17, 15) is 18.0 Å². The molecule has 0 fully saturated rings. The maximum absolute atomic E-state index is 12.4. The van der Waals surface area contributed by atoms with E-state index >= 15 is 0 Å². The molecule has 0 aliphatic heterocycles. The Labute approximate surface area is 222 Å². The summed E-state index contributed by atoms with van der Waals surface area (Å²) in [5, 5.41) is 2.65. The van der Waals surface area contributed by atoms with Gasteiger partial charge in [-0.05, 0) is 66.2 Å². The number of nitrogens with one attached hydrogen (secondary N) is 2. The molecule has 0 radical (unpaired) electrons. The van der Waals surface area contributed by atoms with Crippen LogP contribution in [-0.4, -0.2) is 26.9 Å². The number of amides is 1. The summed E-state index contributed by atoms with van der Waals surface area (Å²) in [7, 11) is -3.79. The molecule has 0 aliphatic carbocycles. The van der Waals surface area contributed by atoms with Gasteiger partial charge in [-0.25, -0.2) is 13.2 Å². The second-order valence-corrected chi connectivity index (χ2v) is 11.3. The van der Waals surface area contributed by atoms with Gasteiger partial charge in [0.15, 0.2) is 6.61 Å². The van der Waals surface area contributed by atoms with Gasteiger partial charge in [0.2, 0.25) is 0 Å². The van der Waals surface area contributed by atoms with Crippen LogP contribution in [0.1, 0.15) is 15.9 Å². The largest absolute Gasteiger partial charge is 0.489 e. The van der Waals surface area contributed by atoms with E-state index in [2.05, 4.69) is 10.0 Å². The van der Waals surface area contributed by atoms with Crippen molar-refractivity contribution in [3.63, 3.8) is 0 Å². The van der Waals surface area contributed by atoms with Crippen LogP contribution in [0.4, 0.5) is 11.4 Å². The predicted molar refractivity (Wildman–Crippen MR) is 143 cm³/mol. The average Bonchev–Trinajstić information content (AvgIpc) is 3.35. The molecule has 3 aromatic carbocycles. The first-order valence-corrected chi connectivity index (χ1v) is 13.6. The van der Waals surface area contributed by atoms with Crippen molar-refractivity contribution < 1.29 is 27.5 Å². The fourth-order valence-electron chi connectivity index (χ4n) is 3.11. The van der Waals surface area contributed by atoms with Crippen LogP contribution in [0.25, 0.3) is 0 Å². The van der Waals surface area contributed by atoms with Gasteiger partial charge in [-0.2, -0.15) is 0 Å². The van der Waals surface area contributed by atoms with Gasteiger partial charge in [-0.3, -0.25) is 9.52 Å². The highest BCUT2D eigenvalue weighted by Gasteiger charge is 2.17. The lowest BCUT2D eigenvalue weighted by atomic mass is 10.2. The third-order valence-corrected chi connectivity index (χ3v) is 8.01. The summed E-state index contributed by atoms with van der Waals surface area (Å²) in [4.78, 5) is 24.5. The van der Waals surface area contributed by atoms with Gasteiger partial charge in [0.05, 0.1) is 9.90 Å². The number of esters is 1. The fourth-order valence-corrected chi connectivity index (χ4v) is 5.65. The number of hydrogen-bond acceptors (Lipinski definition) is 7. The summed E-state index contributed by atoms with van der Waals surface area (Å²) in [5.74, 6) is -0.581. The number of hydrogen-bond donors (Lipinski definition) is 2. The van der Waals surface area contributed by atoms with Gasteiger partial charge < -0.3 is 14.8 Å². The van der Waals surface area contributed by atoms with Crippen LogP contribution in [0.2, 0.25) is 4.34 Å². The molecule has 0 saturated heterocycles. The second kappa shape index (κ2) is 11.9. The smallest absolute Gasteiger partial charge is 0.338 e. The van der Waals surface area contributed by atoms with Gasteiger partial charge in [-0.1, -0.05) is 41.9 Å². The summed E-state index contributed by atoms with van der Waals surface area (Å²) < 4.78 is 38.3. The minimum absolute atomic E-state index is 0.0707. The van der Waals surface area contributed by atoms with Crippen molar-refractivity contribution >= 4 is 56.2 Å². The number of sulfonamides is 1. The van der Waals surface area contributed by atoms with Crippen LogP contribution < -0.4 is 14.8 Å². The standard InChI is InChI=1S/C26H21ClN2O6S2/c27-23-14-15-25(36-23)37(32,33)29-21-8-6-19(7-9-21)26(31)35-17-24(30)28-20-10-12-22(13-11-20)34-16-18-4-2-1-3-5-18/h1-15,29H,16-17H2,(H,28,30). The number of rotatable bonds is 10. The summed E-state index contributed by atoms with van der Waals surface area (Å²) in [6, 6.07) is 25.1. The highest BCUT2D eigenvalue weighted by Crippen LogP contribution is 2.27. The molecule has 0 atom stereocenters. The molecule has 0 saturated carbocycles. The van der Waals surface area contributed by atoms with Crippen molar-refractivity contribution in [1.29, 1.82) is 0 Å². The summed E-state index contributed by atoms with van der Waals surface area (Å²) in [6.07, 6.45) is 0. The van der Waals surface area contributed by atoms with Crippen LogP contribution in [0.5, 0.6) is 5.75 Å². The van der Waals surface area contributed by atoms with Gasteiger partial charge in [0.1, 0.15) is 16.6 Å². The Kier molecular flexibility index (Phi) is 8.44. The van der Waals surface area contributed by atoms with Gasteiger partial charge in [0.25, 0.3) is 15.9 Å². The van der Waals surface area contributed by atoms with E-state index < -0.39 is 28.5 Å². The normalized spacial score (nSPS) is 10.9. The lowest BCUT2D eigenvalue weighted by molar-refractivity contribution is -0.119. The number of carbonyl (C=O) groups is 2. The molecule has 37 heavy (non-hydrogen) atoms. The van der Waals surface area contributed by atoms with E-state index in [1.807, 2.05) is 30.3 Å². The highest BCUT2D eigenvalue weighted by atomic mass is 35.5. The molecule has 4 aromatic rings. The Hall–Kier alpha value is -3.86. The zero-order valence-electron chi connectivity index (χ0n) is 19.2. The zero-order chi connectivity index (χ0) is 26.3. The molecule has 1 amide bonds. The quantitative estimate of drug-likeness (QED) is 0.247. The van der Waals surface area contributed by atoms with Crippen LogP contribution >= 0.6 is 22.9 Å². The molecule has 4 rings (SSSR count). The molecule has 0 unspecified atom stereocenters. The third kappa shape index (κ3) is 7.56. The van der Waals surface area contributed by atoms with Crippen LogP contribution in [0.15, 0.2) is 95.2 Å². The summed E-state index contributed by atoms with van der Waals surface area (Å²) in [6.45, 7) is -0.0581. The van der Waals surface area contributed by atoms with E-state index in [1.54, 1.807) is 24.3 Å². The number of anilines is 2. The van der Waals surface area contributed by atoms with E-state index in [-0.39, 0.29) is 15.5 Å². The predicted octanol–water partition coefficient (Wildman–Crippen LogP) is 5.58. The maximum Gasteiger partial charge on any atom is 0.338 e. The maximum atomic E-state index is 12.4. The molecule has 0 aliphatic rings. The topological polar surface area (TPSA) is 111 Å². The first-order chi connectivity index (χ1) is 17.8. The zero-order valence-corrected chi connectivity index (χ0v) is 21.6. The van der Waals surface area contributed by atoms with Crippen LogP contribution in [-0.2, 0) is 26.2 Å². The summed E-state index contributed by atoms with van der Waals surface area (Å²) >= 11 is 6.73.